The Morgan fingerprint density at radius 3 is 2.58 bits per heavy atom. The number of benzene rings is 3. The number of fused-ring (bicyclic) bond motifs is 3. The van der Waals surface area contributed by atoms with Gasteiger partial charge in [0, 0.05) is 60.2 Å². The molecule has 184 valence electrons. The van der Waals surface area contributed by atoms with Gasteiger partial charge in [0.25, 0.3) is 0 Å². The van der Waals surface area contributed by atoms with Crippen LogP contribution in [0.1, 0.15) is 46.1 Å². The molecule has 1 atom stereocenters. The predicted octanol–water partition coefficient (Wildman–Crippen LogP) is 5.77. The van der Waals surface area contributed by atoms with Crippen molar-refractivity contribution < 1.29 is 23.4 Å². The second-order valence-electron chi connectivity index (χ2n) is 9.49. The topological polar surface area (TPSA) is 54.7 Å². The molecular formula is C28H23ClF2N2O3. The molecule has 1 N–H and O–H groups in total. The van der Waals surface area contributed by atoms with Crippen LogP contribution in [0.3, 0.4) is 0 Å². The number of carbonyl (C=O) groups is 1. The molecule has 36 heavy (non-hydrogen) atoms. The highest BCUT2D eigenvalue weighted by atomic mass is 35.5. The Morgan fingerprint density at radius 2 is 1.81 bits per heavy atom. The number of aliphatic hydroxyl groups is 1. The van der Waals surface area contributed by atoms with E-state index in [9.17, 15) is 18.7 Å². The van der Waals surface area contributed by atoms with Gasteiger partial charge >= 0.3 is 5.97 Å². The summed E-state index contributed by atoms with van der Waals surface area (Å²) in [4.78, 5) is 14.3. The molecule has 1 unspecified atom stereocenters. The predicted molar refractivity (Wildman–Crippen MR) is 132 cm³/mol. The molecule has 8 heteroatoms. The summed E-state index contributed by atoms with van der Waals surface area (Å²) in [6, 6.07) is 16.1. The fourth-order valence-electron chi connectivity index (χ4n) is 5.53. The summed E-state index contributed by atoms with van der Waals surface area (Å²) in [6.07, 6.45) is 1.96. The lowest BCUT2D eigenvalue weighted by Crippen LogP contribution is -2.44. The zero-order valence-corrected chi connectivity index (χ0v) is 20.0. The standard InChI is InChI=1S/C28H23ClF2N2O3/c29-18-4-6-21-23(16-33(25(21)13-18)15-17-2-1-3-19(30)12-17)26(34)32-10-8-28(9-11-32)24-7-5-20(31)14-22(24)27(35)36-28/h1-7,12-14,16,26,34H,8-11,15H2. The van der Waals surface area contributed by atoms with Gasteiger partial charge in [-0.05, 0) is 42.0 Å². The van der Waals surface area contributed by atoms with Gasteiger partial charge in [-0.25, -0.2) is 13.6 Å². The minimum atomic E-state index is -0.899. The van der Waals surface area contributed by atoms with E-state index in [-0.39, 0.29) is 11.4 Å². The minimum absolute atomic E-state index is 0.279. The first-order valence-corrected chi connectivity index (χ1v) is 12.2. The van der Waals surface area contributed by atoms with Crippen LogP contribution in [0, 0.1) is 11.6 Å². The number of likely N-dealkylation sites (tertiary alicyclic amines) is 1. The van der Waals surface area contributed by atoms with Crippen molar-refractivity contribution >= 4 is 28.5 Å². The first-order chi connectivity index (χ1) is 17.3. The number of ether oxygens (including phenoxy) is 1. The average molecular weight is 509 g/mol. The molecule has 3 aromatic carbocycles. The van der Waals surface area contributed by atoms with E-state index >= 15 is 0 Å². The largest absolute Gasteiger partial charge is 0.450 e. The van der Waals surface area contributed by atoms with Crippen molar-refractivity contribution in [3.05, 3.63) is 106 Å². The first kappa shape index (κ1) is 23.2. The molecule has 1 saturated heterocycles. The third kappa shape index (κ3) is 3.88. The Labute approximate surface area is 211 Å². The zero-order valence-electron chi connectivity index (χ0n) is 19.3. The highest BCUT2D eigenvalue weighted by Crippen LogP contribution is 2.45. The number of carbonyl (C=O) groups excluding carboxylic acids is 1. The number of hydrogen-bond donors (Lipinski definition) is 1. The summed E-state index contributed by atoms with van der Waals surface area (Å²) in [5.74, 6) is -1.28. The smallest absolute Gasteiger partial charge is 0.339 e. The van der Waals surface area contributed by atoms with Crippen molar-refractivity contribution in [1.29, 1.82) is 0 Å². The SMILES string of the molecule is O=C1OC2(CCN(C(O)c3cn(Cc4cccc(F)c4)c4cc(Cl)ccc34)CC2)c2ccc(F)cc21. The number of aromatic nitrogens is 1. The van der Waals surface area contributed by atoms with E-state index in [1.807, 2.05) is 33.9 Å². The summed E-state index contributed by atoms with van der Waals surface area (Å²) < 4.78 is 35.2. The monoisotopic (exact) mass is 508 g/mol. The van der Waals surface area contributed by atoms with Gasteiger partial charge in [0.1, 0.15) is 23.5 Å². The first-order valence-electron chi connectivity index (χ1n) is 11.8. The summed E-state index contributed by atoms with van der Waals surface area (Å²) in [5, 5.41) is 12.8. The highest BCUT2D eigenvalue weighted by Gasteiger charge is 2.48. The fourth-order valence-corrected chi connectivity index (χ4v) is 5.70. The summed E-state index contributed by atoms with van der Waals surface area (Å²) in [7, 11) is 0. The van der Waals surface area contributed by atoms with Gasteiger partial charge in [0.05, 0.1) is 11.1 Å². The fraction of sp³-hybridized carbons (Fsp3) is 0.250. The Balaban J connectivity index is 1.28. The number of hydrogen-bond acceptors (Lipinski definition) is 4. The molecule has 4 aromatic rings. The molecule has 1 aromatic heterocycles. The van der Waals surface area contributed by atoms with Crippen LogP contribution in [0.5, 0.6) is 0 Å². The van der Waals surface area contributed by atoms with Crippen LogP contribution in [0.15, 0.2) is 66.9 Å². The Hall–Kier alpha value is -3.26. The molecule has 0 saturated carbocycles. The van der Waals surface area contributed by atoms with E-state index in [4.69, 9.17) is 16.3 Å². The minimum Gasteiger partial charge on any atom is -0.450 e. The van der Waals surface area contributed by atoms with E-state index in [2.05, 4.69) is 0 Å². The van der Waals surface area contributed by atoms with Crippen LogP contribution >= 0.6 is 11.6 Å². The van der Waals surface area contributed by atoms with Crippen LogP contribution in [0.25, 0.3) is 10.9 Å². The third-order valence-electron chi connectivity index (χ3n) is 7.33. The summed E-state index contributed by atoms with van der Waals surface area (Å²) >= 11 is 6.28. The maximum Gasteiger partial charge on any atom is 0.339 e. The number of halogens is 3. The molecule has 2 aliphatic rings. The lowest BCUT2D eigenvalue weighted by atomic mass is 9.83. The van der Waals surface area contributed by atoms with Gasteiger partial charge < -0.3 is 14.4 Å². The van der Waals surface area contributed by atoms with Crippen molar-refractivity contribution in [1.82, 2.24) is 9.47 Å². The normalized spacial score (nSPS) is 17.9. The van der Waals surface area contributed by atoms with E-state index < -0.39 is 23.6 Å². The van der Waals surface area contributed by atoms with Gasteiger partial charge in [0.2, 0.25) is 0 Å². The number of aliphatic hydroxyl groups excluding tert-OH is 1. The molecule has 1 spiro atoms. The number of piperidine rings is 1. The van der Waals surface area contributed by atoms with E-state index in [0.29, 0.717) is 43.1 Å². The van der Waals surface area contributed by atoms with Gasteiger partial charge in [-0.2, -0.15) is 0 Å². The maximum atomic E-state index is 13.8. The third-order valence-corrected chi connectivity index (χ3v) is 7.56. The van der Waals surface area contributed by atoms with Crippen LogP contribution in [-0.4, -0.2) is 33.6 Å². The molecular weight excluding hydrogens is 486 g/mol. The quantitative estimate of drug-likeness (QED) is 0.355. The van der Waals surface area contributed by atoms with Gasteiger partial charge in [-0.1, -0.05) is 35.9 Å². The van der Waals surface area contributed by atoms with Crippen molar-refractivity contribution in [2.75, 3.05) is 13.1 Å². The van der Waals surface area contributed by atoms with Gasteiger partial charge in [0.15, 0.2) is 0 Å². The number of rotatable bonds is 4. The lowest BCUT2D eigenvalue weighted by molar-refractivity contribution is -0.0813. The second-order valence-corrected chi connectivity index (χ2v) is 9.92. The summed E-state index contributed by atoms with van der Waals surface area (Å²) in [6.45, 7) is 1.39. The van der Waals surface area contributed by atoms with Gasteiger partial charge in [-0.15, -0.1) is 0 Å². The van der Waals surface area contributed by atoms with E-state index in [0.717, 1.165) is 22.0 Å². The number of esters is 1. The Bertz CT molecular complexity index is 1490. The zero-order chi connectivity index (χ0) is 25.0. The molecule has 3 heterocycles. The summed E-state index contributed by atoms with van der Waals surface area (Å²) in [5.41, 5.74) is 2.56. The van der Waals surface area contributed by atoms with E-state index in [1.165, 1.54) is 24.3 Å². The lowest BCUT2D eigenvalue weighted by Gasteiger charge is -2.40. The number of nitrogens with zero attached hydrogens (tertiary/aromatic N) is 2. The molecule has 2 aliphatic heterocycles. The molecule has 0 aliphatic carbocycles. The highest BCUT2D eigenvalue weighted by molar-refractivity contribution is 6.31. The molecule has 0 bridgehead atoms. The van der Waals surface area contributed by atoms with Crippen LogP contribution in [0.4, 0.5) is 8.78 Å². The molecule has 6 rings (SSSR count). The van der Waals surface area contributed by atoms with Crippen molar-refractivity contribution in [2.24, 2.45) is 0 Å². The molecule has 5 nitrogen and oxygen atoms in total. The molecule has 0 amide bonds. The second kappa shape index (κ2) is 8.69. The van der Waals surface area contributed by atoms with E-state index in [1.54, 1.807) is 18.2 Å². The van der Waals surface area contributed by atoms with Crippen LogP contribution < -0.4 is 0 Å². The van der Waals surface area contributed by atoms with Crippen LogP contribution in [-0.2, 0) is 16.9 Å². The van der Waals surface area contributed by atoms with Crippen molar-refractivity contribution in [2.45, 2.75) is 31.2 Å². The maximum absolute atomic E-state index is 13.8. The Kier molecular flexibility index (Phi) is 5.59. The van der Waals surface area contributed by atoms with Crippen molar-refractivity contribution in [3.8, 4) is 0 Å². The van der Waals surface area contributed by atoms with Gasteiger partial charge in [-0.3, -0.25) is 4.90 Å². The van der Waals surface area contributed by atoms with Crippen LogP contribution in [0.2, 0.25) is 5.02 Å². The molecule has 1 fully saturated rings. The molecule has 0 radical (unpaired) electrons. The van der Waals surface area contributed by atoms with Crippen molar-refractivity contribution in [3.63, 3.8) is 0 Å². The average Bonchev–Trinajstić information content (AvgIpc) is 3.33. The Morgan fingerprint density at radius 1 is 1.03 bits per heavy atom.